The van der Waals surface area contributed by atoms with Gasteiger partial charge in [0.15, 0.2) is 0 Å². The van der Waals surface area contributed by atoms with Gasteiger partial charge in [-0.05, 0) is 24.3 Å². The normalized spacial score (nSPS) is 15.1. The summed E-state index contributed by atoms with van der Waals surface area (Å²) in [7, 11) is 0. The molecule has 3 aromatic rings. The minimum absolute atomic E-state index is 0.901. The van der Waals surface area contributed by atoms with E-state index in [0.29, 0.717) is 0 Å². The number of fused-ring (bicyclic) bond motifs is 3. The Morgan fingerprint density at radius 3 is 2.57 bits per heavy atom. The molecule has 0 aliphatic carbocycles. The van der Waals surface area contributed by atoms with Crippen LogP contribution in [0.5, 0.6) is 0 Å². The lowest BCUT2D eigenvalue weighted by atomic mass is 10.2. The predicted molar refractivity (Wildman–Crippen MR) is 86.9 cm³/mol. The van der Waals surface area contributed by atoms with Gasteiger partial charge in [-0.3, -0.25) is 0 Å². The average Bonchev–Trinajstić information content (AvgIpc) is 2.85. The summed E-state index contributed by atoms with van der Waals surface area (Å²) in [6.45, 7) is 3.84. The molecule has 0 unspecified atom stereocenters. The zero-order chi connectivity index (χ0) is 14.1. The van der Waals surface area contributed by atoms with Gasteiger partial charge in [0.2, 0.25) is 5.95 Å². The van der Waals surface area contributed by atoms with Crippen molar-refractivity contribution in [1.82, 2.24) is 9.55 Å². The molecule has 0 radical (unpaired) electrons. The Balaban J connectivity index is 1.67. The lowest BCUT2D eigenvalue weighted by Gasteiger charge is -2.28. The number of hydrogen-bond acceptors (Lipinski definition) is 3. The zero-order valence-electron chi connectivity index (χ0n) is 11.9. The van der Waals surface area contributed by atoms with Crippen molar-refractivity contribution in [1.29, 1.82) is 0 Å². The Labute approximate surface area is 124 Å². The fourth-order valence-electron chi connectivity index (χ4n) is 2.97. The lowest BCUT2D eigenvalue weighted by molar-refractivity contribution is 0.655. The number of nitrogens with zero attached hydrogens (tertiary/aromatic N) is 3. The van der Waals surface area contributed by atoms with Gasteiger partial charge in [-0.15, -0.1) is 0 Å². The van der Waals surface area contributed by atoms with E-state index in [9.17, 15) is 0 Å². The molecule has 1 aromatic heterocycles. The summed E-state index contributed by atoms with van der Waals surface area (Å²) in [5, 5.41) is 3.46. The summed E-state index contributed by atoms with van der Waals surface area (Å²) in [6.07, 6.45) is 0. The second kappa shape index (κ2) is 5.13. The number of benzene rings is 2. The highest BCUT2D eigenvalue weighted by molar-refractivity contribution is 5.78. The fourth-order valence-corrected chi connectivity index (χ4v) is 2.97. The summed E-state index contributed by atoms with van der Waals surface area (Å²) in [5.74, 6) is 0.990. The van der Waals surface area contributed by atoms with Crippen LogP contribution in [-0.4, -0.2) is 29.2 Å². The molecule has 106 valence electrons. The monoisotopic (exact) mass is 278 g/mol. The van der Waals surface area contributed by atoms with Gasteiger partial charge in [-0.25, -0.2) is 4.98 Å². The van der Waals surface area contributed by atoms with Crippen LogP contribution < -0.4 is 10.2 Å². The van der Waals surface area contributed by atoms with E-state index in [4.69, 9.17) is 0 Å². The molecule has 1 aliphatic rings. The standard InChI is InChI=1S/C17H18N4/c1-2-6-14(7-3-1)20-11-10-18-17-19-15-8-4-5-9-16(15)21(17)13-12-20/h1-9H,10-13H2,(H,18,19). The third-order valence-corrected chi connectivity index (χ3v) is 4.03. The Bertz CT molecular complexity index is 748. The van der Waals surface area contributed by atoms with Crippen LogP contribution in [0.15, 0.2) is 54.6 Å². The summed E-state index contributed by atoms with van der Waals surface area (Å²) < 4.78 is 2.28. The molecule has 0 saturated carbocycles. The van der Waals surface area contributed by atoms with Gasteiger partial charge < -0.3 is 14.8 Å². The van der Waals surface area contributed by atoms with Crippen molar-refractivity contribution < 1.29 is 0 Å². The molecule has 4 rings (SSSR count). The highest BCUT2D eigenvalue weighted by Gasteiger charge is 2.15. The number of aromatic nitrogens is 2. The van der Waals surface area contributed by atoms with Gasteiger partial charge in [-0.1, -0.05) is 30.3 Å². The molecular formula is C17H18N4. The number of anilines is 2. The molecule has 1 N–H and O–H groups in total. The van der Waals surface area contributed by atoms with E-state index in [1.54, 1.807) is 0 Å². The molecular weight excluding hydrogens is 260 g/mol. The first kappa shape index (κ1) is 12.3. The Hall–Kier alpha value is -2.49. The van der Waals surface area contributed by atoms with Gasteiger partial charge in [0.1, 0.15) is 0 Å². The maximum absolute atomic E-state index is 4.69. The maximum atomic E-state index is 4.69. The molecule has 21 heavy (non-hydrogen) atoms. The molecule has 0 saturated heterocycles. The van der Waals surface area contributed by atoms with Crippen molar-refractivity contribution in [2.24, 2.45) is 0 Å². The first-order valence-corrected chi connectivity index (χ1v) is 7.41. The Morgan fingerprint density at radius 2 is 1.67 bits per heavy atom. The second-order valence-corrected chi connectivity index (χ2v) is 5.33. The molecule has 0 fully saturated rings. The SMILES string of the molecule is c1ccc(N2CCNc3nc4ccccc4n3CC2)cc1. The van der Waals surface area contributed by atoms with Crippen LogP contribution in [0.3, 0.4) is 0 Å². The van der Waals surface area contributed by atoms with Gasteiger partial charge in [0, 0.05) is 31.9 Å². The minimum Gasteiger partial charge on any atom is -0.368 e. The highest BCUT2D eigenvalue weighted by atomic mass is 15.3. The number of nitrogens with one attached hydrogen (secondary N) is 1. The third-order valence-electron chi connectivity index (χ3n) is 4.03. The van der Waals surface area contributed by atoms with E-state index in [1.807, 2.05) is 6.07 Å². The zero-order valence-corrected chi connectivity index (χ0v) is 11.9. The molecule has 4 heteroatoms. The Kier molecular flexibility index (Phi) is 2.99. The summed E-state index contributed by atoms with van der Waals surface area (Å²) in [6, 6.07) is 18.9. The van der Waals surface area contributed by atoms with Gasteiger partial charge in [0.25, 0.3) is 0 Å². The van der Waals surface area contributed by atoms with Gasteiger partial charge in [0.05, 0.1) is 11.0 Å². The summed E-state index contributed by atoms with van der Waals surface area (Å²) in [5.41, 5.74) is 3.55. The van der Waals surface area contributed by atoms with Crippen molar-refractivity contribution in [3.63, 3.8) is 0 Å². The van der Waals surface area contributed by atoms with Gasteiger partial charge in [-0.2, -0.15) is 0 Å². The molecule has 0 spiro atoms. The van der Waals surface area contributed by atoms with Crippen molar-refractivity contribution in [3.8, 4) is 0 Å². The first-order chi connectivity index (χ1) is 10.4. The molecule has 1 aliphatic heterocycles. The van der Waals surface area contributed by atoms with Crippen LogP contribution in [-0.2, 0) is 6.54 Å². The molecule has 0 bridgehead atoms. The van der Waals surface area contributed by atoms with E-state index < -0.39 is 0 Å². The van der Waals surface area contributed by atoms with Crippen molar-refractivity contribution >= 4 is 22.7 Å². The van der Waals surface area contributed by atoms with Crippen LogP contribution in [0.25, 0.3) is 11.0 Å². The topological polar surface area (TPSA) is 33.1 Å². The molecule has 0 atom stereocenters. The average molecular weight is 278 g/mol. The van der Waals surface area contributed by atoms with Crippen LogP contribution in [0, 0.1) is 0 Å². The molecule has 0 amide bonds. The van der Waals surface area contributed by atoms with E-state index in [-0.39, 0.29) is 0 Å². The van der Waals surface area contributed by atoms with Crippen molar-refractivity contribution in [3.05, 3.63) is 54.6 Å². The first-order valence-electron chi connectivity index (χ1n) is 7.41. The van der Waals surface area contributed by atoms with Crippen LogP contribution in [0.1, 0.15) is 0 Å². The van der Waals surface area contributed by atoms with Crippen LogP contribution in [0.2, 0.25) is 0 Å². The van der Waals surface area contributed by atoms with Crippen molar-refractivity contribution in [2.75, 3.05) is 29.9 Å². The van der Waals surface area contributed by atoms with Crippen molar-refractivity contribution in [2.45, 2.75) is 6.54 Å². The number of hydrogen-bond donors (Lipinski definition) is 1. The highest BCUT2D eigenvalue weighted by Crippen LogP contribution is 2.22. The number of imidazole rings is 1. The predicted octanol–water partition coefficient (Wildman–Crippen LogP) is 2.97. The summed E-state index contributed by atoms with van der Waals surface area (Å²) in [4.78, 5) is 7.11. The van der Waals surface area contributed by atoms with Crippen LogP contribution in [0.4, 0.5) is 11.6 Å². The largest absolute Gasteiger partial charge is 0.368 e. The smallest absolute Gasteiger partial charge is 0.204 e. The third kappa shape index (κ3) is 2.23. The molecule has 2 aromatic carbocycles. The van der Waals surface area contributed by atoms with Crippen LogP contribution >= 0.6 is 0 Å². The maximum Gasteiger partial charge on any atom is 0.204 e. The summed E-state index contributed by atoms with van der Waals surface area (Å²) >= 11 is 0. The lowest BCUT2D eigenvalue weighted by Crippen LogP contribution is -2.35. The molecule has 4 nitrogen and oxygen atoms in total. The number of rotatable bonds is 1. The van der Waals surface area contributed by atoms with E-state index in [2.05, 4.69) is 68.3 Å². The second-order valence-electron chi connectivity index (χ2n) is 5.33. The van der Waals surface area contributed by atoms with E-state index in [0.717, 1.165) is 37.6 Å². The minimum atomic E-state index is 0.901. The fraction of sp³-hybridized carbons (Fsp3) is 0.235. The number of para-hydroxylation sites is 3. The van der Waals surface area contributed by atoms with E-state index in [1.165, 1.54) is 11.2 Å². The molecule has 2 heterocycles. The van der Waals surface area contributed by atoms with Gasteiger partial charge >= 0.3 is 0 Å². The Morgan fingerprint density at radius 1 is 0.857 bits per heavy atom. The quantitative estimate of drug-likeness (QED) is 0.743. The van der Waals surface area contributed by atoms with E-state index >= 15 is 0 Å².